The van der Waals surface area contributed by atoms with E-state index < -0.39 is 11.0 Å². The molecule has 1 aromatic carbocycles. The number of hydrogen-bond acceptors (Lipinski definition) is 4. The van der Waals surface area contributed by atoms with E-state index in [0.29, 0.717) is 25.1 Å². The number of likely N-dealkylation sites (tertiary alicyclic amines) is 1. The molecule has 1 N–H and O–H groups in total. The molecule has 1 amide bonds. The fraction of sp³-hybridized carbons (Fsp3) is 0.417. The smallest absolute Gasteiger partial charge is 0.269 e. The van der Waals surface area contributed by atoms with E-state index >= 15 is 0 Å². The number of rotatable bonds is 2. The molecule has 1 aliphatic rings. The molecule has 0 aliphatic carbocycles. The average molecular weight is 250 g/mol. The van der Waals surface area contributed by atoms with Crippen molar-refractivity contribution in [2.45, 2.75) is 18.9 Å². The topological polar surface area (TPSA) is 83.7 Å². The van der Waals surface area contributed by atoms with Crippen molar-refractivity contribution in [3.05, 3.63) is 39.9 Å². The zero-order valence-electron chi connectivity index (χ0n) is 9.78. The minimum absolute atomic E-state index is 0.0368. The van der Waals surface area contributed by atoms with Gasteiger partial charge in [-0.3, -0.25) is 14.9 Å². The second-order valence-corrected chi connectivity index (χ2v) is 4.35. The van der Waals surface area contributed by atoms with E-state index in [2.05, 4.69) is 0 Å². The van der Waals surface area contributed by atoms with Gasteiger partial charge in [0.2, 0.25) is 0 Å². The SMILES string of the molecule is O=C(c1ccc([N+](=O)[O-])cc1)N1CCC[C@H](O)C1. The van der Waals surface area contributed by atoms with Crippen molar-refractivity contribution in [3.8, 4) is 0 Å². The number of hydrogen-bond donors (Lipinski definition) is 1. The molecule has 0 spiro atoms. The van der Waals surface area contributed by atoms with Crippen LogP contribution in [0.15, 0.2) is 24.3 Å². The number of piperidine rings is 1. The summed E-state index contributed by atoms with van der Waals surface area (Å²) in [7, 11) is 0. The third kappa shape index (κ3) is 2.65. The van der Waals surface area contributed by atoms with Crippen LogP contribution < -0.4 is 0 Å². The number of carbonyl (C=O) groups excluding carboxylic acids is 1. The van der Waals surface area contributed by atoms with E-state index in [1.807, 2.05) is 0 Å². The molecule has 6 nitrogen and oxygen atoms in total. The van der Waals surface area contributed by atoms with Crippen molar-refractivity contribution in [3.63, 3.8) is 0 Å². The summed E-state index contributed by atoms with van der Waals surface area (Å²) >= 11 is 0. The number of nitrogens with zero attached hydrogens (tertiary/aromatic N) is 2. The number of benzene rings is 1. The van der Waals surface area contributed by atoms with Crippen LogP contribution in [-0.2, 0) is 0 Å². The predicted octanol–water partition coefficient (Wildman–Crippen LogP) is 1.19. The molecule has 1 saturated heterocycles. The van der Waals surface area contributed by atoms with Gasteiger partial charge in [0.1, 0.15) is 0 Å². The Morgan fingerprint density at radius 2 is 2.06 bits per heavy atom. The van der Waals surface area contributed by atoms with E-state index in [-0.39, 0.29) is 11.6 Å². The van der Waals surface area contributed by atoms with Crippen LogP contribution in [0.25, 0.3) is 0 Å². The molecule has 1 fully saturated rings. The van der Waals surface area contributed by atoms with Gasteiger partial charge in [0.05, 0.1) is 11.0 Å². The Labute approximate surface area is 104 Å². The number of nitro benzene ring substituents is 1. The average Bonchev–Trinajstić information content (AvgIpc) is 2.38. The molecule has 2 rings (SSSR count). The van der Waals surface area contributed by atoms with Crippen LogP contribution in [0.2, 0.25) is 0 Å². The Kier molecular flexibility index (Phi) is 3.57. The fourth-order valence-corrected chi connectivity index (χ4v) is 2.05. The highest BCUT2D eigenvalue weighted by atomic mass is 16.6. The summed E-state index contributed by atoms with van der Waals surface area (Å²) in [4.78, 5) is 23.7. The van der Waals surface area contributed by atoms with Gasteiger partial charge in [-0.1, -0.05) is 0 Å². The van der Waals surface area contributed by atoms with Crippen LogP contribution in [0.4, 0.5) is 5.69 Å². The molecule has 0 saturated carbocycles. The largest absolute Gasteiger partial charge is 0.391 e. The molecular formula is C12H14N2O4. The normalized spacial score (nSPS) is 19.6. The zero-order chi connectivity index (χ0) is 13.1. The quantitative estimate of drug-likeness (QED) is 0.631. The van der Waals surface area contributed by atoms with E-state index in [9.17, 15) is 20.0 Å². The Morgan fingerprint density at radius 3 is 2.61 bits per heavy atom. The Bertz CT molecular complexity index is 458. The lowest BCUT2D eigenvalue weighted by molar-refractivity contribution is -0.384. The summed E-state index contributed by atoms with van der Waals surface area (Å²) in [5, 5.41) is 20.0. The minimum Gasteiger partial charge on any atom is -0.391 e. The monoisotopic (exact) mass is 250 g/mol. The number of amides is 1. The van der Waals surface area contributed by atoms with E-state index in [4.69, 9.17) is 0 Å². The first-order valence-corrected chi connectivity index (χ1v) is 5.80. The van der Waals surface area contributed by atoms with Gasteiger partial charge in [-0.2, -0.15) is 0 Å². The number of β-amino-alcohol motifs (C(OH)–C–C–N with tert-alkyl or cyclic N) is 1. The van der Waals surface area contributed by atoms with Crippen molar-refractivity contribution in [2.75, 3.05) is 13.1 Å². The zero-order valence-corrected chi connectivity index (χ0v) is 9.78. The Hall–Kier alpha value is -1.95. The molecule has 0 unspecified atom stereocenters. The lowest BCUT2D eigenvalue weighted by atomic mass is 10.1. The van der Waals surface area contributed by atoms with Gasteiger partial charge in [-0.25, -0.2) is 0 Å². The number of nitro groups is 1. The highest BCUT2D eigenvalue weighted by Crippen LogP contribution is 2.16. The molecule has 0 radical (unpaired) electrons. The Morgan fingerprint density at radius 1 is 1.39 bits per heavy atom. The first-order valence-electron chi connectivity index (χ1n) is 5.80. The van der Waals surface area contributed by atoms with Gasteiger partial charge in [0.15, 0.2) is 0 Å². The van der Waals surface area contributed by atoms with Crippen molar-refractivity contribution < 1.29 is 14.8 Å². The molecule has 1 aliphatic heterocycles. The molecule has 18 heavy (non-hydrogen) atoms. The van der Waals surface area contributed by atoms with E-state index in [1.54, 1.807) is 4.90 Å². The summed E-state index contributed by atoms with van der Waals surface area (Å²) in [6, 6.07) is 5.52. The van der Waals surface area contributed by atoms with Crippen LogP contribution in [0.1, 0.15) is 23.2 Å². The number of non-ortho nitro benzene ring substituents is 1. The lowest BCUT2D eigenvalue weighted by Crippen LogP contribution is -2.42. The van der Waals surface area contributed by atoms with Crippen molar-refractivity contribution in [2.24, 2.45) is 0 Å². The first-order chi connectivity index (χ1) is 8.58. The number of aliphatic hydroxyl groups is 1. The van der Waals surface area contributed by atoms with Crippen molar-refractivity contribution in [1.82, 2.24) is 4.90 Å². The van der Waals surface area contributed by atoms with Gasteiger partial charge in [-0.15, -0.1) is 0 Å². The predicted molar refractivity (Wildman–Crippen MR) is 64.2 cm³/mol. The molecule has 96 valence electrons. The Balaban J connectivity index is 2.10. The summed E-state index contributed by atoms with van der Waals surface area (Å²) in [6.07, 6.45) is 1.02. The van der Waals surface area contributed by atoms with Crippen LogP contribution in [0.5, 0.6) is 0 Å². The summed E-state index contributed by atoms with van der Waals surface area (Å²) in [5.41, 5.74) is 0.375. The lowest BCUT2D eigenvalue weighted by Gasteiger charge is -2.30. The van der Waals surface area contributed by atoms with Crippen molar-refractivity contribution in [1.29, 1.82) is 0 Å². The maximum atomic E-state index is 12.1. The molecule has 1 aromatic rings. The van der Waals surface area contributed by atoms with E-state index in [1.165, 1.54) is 24.3 Å². The highest BCUT2D eigenvalue weighted by Gasteiger charge is 2.23. The number of aliphatic hydroxyl groups excluding tert-OH is 1. The molecule has 1 heterocycles. The fourth-order valence-electron chi connectivity index (χ4n) is 2.05. The van der Waals surface area contributed by atoms with Gasteiger partial charge in [-0.05, 0) is 25.0 Å². The molecule has 0 aromatic heterocycles. The van der Waals surface area contributed by atoms with Crippen LogP contribution in [-0.4, -0.2) is 40.0 Å². The minimum atomic E-state index is -0.501. The van der Waals surface area contributed by atoms with Crippen LogP contribution in [0.3, 0.4) is 0 Å². The summed E-state index contributed by atoms with van der Waals surface area (Å²) in [5.74, 6) is -0.191. The van der Waals surface area contributed by atoms with Gasteiger partial charge in [0, 0.05) is 30.8 Å². The molecule has 1 atom stereocenters. The summed E-state index contributed by atoms with van der Waals surface area (Å²) in [6.45, 7) is 0.947. The molecule has 0 bridgehead atoms. The first kappa shape index (κ1) is 12.5. The third-order valence-electron chi connectivity index (χ3n) is 3.01. The second kappa shape index (κ2) is 5.14. The van der Waals surface area contributed by atoms with Crippen molar-refractivity contribution >= 4 is 11.6 Å². The summed E-state index contributed by atoms with van der Waals surface area (Å²) < 4.78 is 0. The van der Waals surface area contributed by atoms with Gasteiger partial charge >= 0.3 is 0 Å². The maximum Gasteiger partial charge on any atom is 0.269 e. The maximum absolute atomic E-state index is 12.1. The van der Waals surface area contributed by atoms with Crippen LogP contribution >= 0.6 is 0 Å². The van der Waals surface area contributed by atoms with Gasteiger partial charge in [0.25, 0.3) is 11.6 Å². The molecule has 6 heteroatoms. The molecular weight excluding hydrogens is 236 g/mol. The standard InChI is InChI=1S/C12H14N2O4/c15-11-2-1-7-13(8-11)12(16)9-3-5-10(6-4-9)14(17)18/h3-6,11,15H,1-2,7-8H2/t11-/m0/s1. The third-order valence-corrected chi connectivity index (χ3v) is 3.01. The van der Waals surface area contributed by atoms with E-state index in [0.717, 1.165) is 6.42 Å². The highest BCUT2D eigenvalue weighted by molar-refractivity contribution is 5.94. The van der Waals surface area contributed by atoms with Gasteiger partial charge < -0.3 is 10.0 Å². The van der Waals surface area contributed by atoms with Crippen LogP contribution in [0, 0.1) is 10.1 Å². The second-order valence-electron chi connectivity index (χ2n) is 4.35. The number of carbonyl (C=O) groups is 1.